The molecule has 3 aromatic rings. The lowest BCUT2D eigenvalue weighted by atomic mass is 10.0. The summed E-state index contributed by atoms with van der Waals surface area (Å²) < 4.78 is 2.05. The summed E-state index contributed by atoms with van der Waals surface area (Å²) in [7, 11) is 0. The van der Waals surface area contributed by atoms with Crippen molar-refractivity contribution in [3.05, 3.63) is 72.6 Å². The van der Waals surface area contributed by atoms with Crippen LogP contribution in [0.3, 0.4) is 0 Å². The second-order valence-electron chi connectivity index (χ2n) is 5.29. The van der Waals surface area contributed by atoms with Crippen molar-refractivity contribution in [2.24, 2.45) is 0 Å². The van der Waals surface area contributed by atoms with Crippen molar-refractivity contribution in [3.63, 3.8) is 0 Å². The van der Waals surface area contributed by atoms with E-state index in [0.717, 1.165) is 23.2 Å². The fourth-order valence-corrected chi connectivity index (χ4v) is 2.60. The Kier molecular flexibility index (Phi) is 4.19. The van der Waals surface area contributed by atoms with Gasteiger partial charge in [0.15, 0.2) is 0 Å². The average molecular weight is 307 g/mol. The summed E-state index contributed by atoms with van der Waals surface area (Å²) in [5.41, 5.74) is 3.18. The minimum absolute atomic E-state index is 0.168. The molecular formula is C18H17N3O2. The van der Waals surface area contributed by atoms with E-state index >= 15 is 0 Å². The quantitative estimate of drug-likeness (QED) is 0.781. The molecule has 1 aromatic carbocycles. The van der Waals surface area contributed by atoms with Gasteiger partial charge in [-0.15, -0.1) is 0 Å². The standard InChI is InChI=1S/C18H17N3O2/c1-2-17(21-10-9-19-12-21)16-8-7-15(11-20-16)13-3-5-14(6-4-13)18(22)23/h3-12,17H,2H2,1H3,(H,22,23). The molecule has 1 atom stereocenters. The molecule has 0 aliphatic heterocycles. The molecule has 23 heavy (non-hydrogen) atoms. The number of carboxylic acids is 1. The molecule has 1 unspecified atom stereocenters. The van der Waals surface area contributed by atoms with Crippen LogP contribution in [-0.2, 0) is 0 Å². The number of nitrogens with zero attached hydrogens (tertiary/aromatic N) is 3. The second-order valence-corrected chi connectivity index (χ2v) is 5.29. The summed E-state index contributed by atoms with van der Waals surface area (Å²) >= 11 is 0. The Hall–Kier alpha value is -2.95. The maximum atomic E-state index is 10.9. The molecule has 0 aliphatic rings. The van der Waals surface area contributed by atoms with Crippen molar-refractivity contribution in [1.82, 2.24) is 14.5 Å². The summed E-state index contributed by atoms with van der Waals surface area (Å²) in [6.07, 6.45) is 8.25. The summed E-state index contributed by atoms with van der Waals surface area (Å²) in [5.74, 6) is -0.920. The number of hydrogen-bond donors (Lipinski definition) is 1. The molecule has 0 fully saturated rings. The predicted molar refractivity (Wildman–Crippen MR) is 87.3 cm³/mol. The number of carboxylic acid groups (broad SMARTS) is 1. The molecule has 0 saturated carbocycles. The molecule has 5 heteroatoms. The van der Waals surface area contributed by atoms with Crippen LogP contribution < -0.4 is 0 Å². The summed E-state index contributed by atoms with van der Waals surface area (Å²) in [4.78, 5) is 19.6. The molecule has 0 amide bonds. The SMILES string of the molecule is CCC(c1ccc(-c2ccc(C(=O)O)cc2)cn1)n1ccnc1. The van der Waals surface area contributed by atoms with Gasteiger partial charge in [-0.25, -0.2) is 9.78 Å². The average Bonchev–Trinajstić information content (AvgIpc) is 3.10. The van der Waals surface area contributed by atoms with Gasteiger partial charge in [0.05, 0.1) is 23.6 Å². The van der Waals surface area contributed by atoms with Gasteiger partial charge in [-0.05, 0) is 30.2 Å². The van der Waals surface area contributed by atoms with Crippen molar-refractivity contribution in [2.45, 2.75) is 19.4 Å². The van der Waals surface area contributed by atoms with Crippen molar-refractivity contribution in [1.29, 1.82) is 0 Å². The molecule has 2 aromatic heterocycles. The van der Waals surface area contributed by atoms with Gasteiger partial charge in [0.1, 0.15) is 0 Å². The van der Waals surface area contributed by atoms with Gasteiger partial charge in [0, 0.05) is 24.2 Å². The predicted octanol–water partition coefficient (Wildman–Crippen LogP) is 3.64. The minimum atomic E-state index is -0.920. The lowest BCUT2D eigenvalue weighted by molar-refractivity contribution is 0.0697. The van der Waals surface area contributed by atoms with Gasteiger partial charge in [0.25, 0.3) is 0 Å². The highest BCUT2D eigenvalue weighted by Gasteiger charge is 2.12. The molecule has 0 radical (unpaired) electrons. The van der Waals surface area contributed by atoms with Crippen LogP contribution in [0, 0.1) is 0 Å². The third-order valence-corrected chi connectivity index (χ3v) is 3.86. The molecule has 0 spiro atoms. The number of hydrogen-bond acceptors (Lipinski definition) is 3. The summed E-state index contributed by atoms with van der Waals surface area (Å²) in [6, 6.07) is 11.0. The molecule has 3 rings (SSSR count). The molecule has 5 nitrogen and oxygen atoms in total. The van der Waals surface area contributed by atoms with Crippen LogP contribution in [0.25, 0.3) is 11.1 Å². The Bertz CT molecular complexity index is 778. The minimum Gasteiger partial charge on any atom is -0.478 e. The van der Waals surface area contributed by atoms with E-state index in [9.17, 15) is 4.79 Å². The van der Waals surface area contributed by atoms with Gasteiger partial charge in [-0.1, -0.05) is 25.1 Å². The first-order valence-electron chi connectivity index (χ1n) is 7.46. The van der Waals surface area contributed by atoms with E-state index in [0.29, 0.717) is 0 Å². The van der Waals surface area contributed by atoms with Gasteiger partial charge in [-0.3, -0.25) is 4.98 Å². The normalized spacial score (nSPS) is 12.0. The zero-order chi connectivity index (χ0) is 16.2. The van der Waals surface area contributed by atoms with E-state index in [1.165, 1.54) is 0 Å². The van der Waals surface area contributed by atoms with Crippen molar-refractivity contribution >= 4 is 5.97 Å². The van der Waals surface area contributed by atoms with Gasteiger partial charge >= 0.3 is 5.97 Å². The molecule has 0 saturated heterocycles. The van der Waals surface area contributed by atoms with Crippen LogP contribution in [0.15, 0.2) is 61.3 Å². The highest BCUT2D eigenvalue weighted by atomic mass is 16.4. The van der Waals surface area contributed by atoms with Crippen LogP contribution in [0.1, 0.15) is 35.4 Å². The van der Waals surface area contributed by atoms with Crippen LogP contribution in [0.4, 0.5) is 0 Å². The van der Waals surface area contributed by atoms with E-state index in [1.54, 1.807) is 36.8 Å². The first-order chi connectivity index (χ1) is 11.2. The smallest absolute Gasteiger partial charge is 0.335 e. The fourth-order valence-electron chi connectivity index (χ4n) is 2.60. The summed E-state index contributed by atoms with van der Waals surface area (Å²) in [5, 5.41) is 8.94. The van der Waals surface area contributed by atoms with Crippen LogP contribution in [-0.4, -0.2) is 25.6 Å². The van der Waals surface area contributed by atoms with E-state index < -0.39 is 5.97 Å². The number of rotatable bonds is 5. The first kappa shape index (κ1) is 15.0. The number of benzene rings is 1. The largest absolute Gasteiger partial charge is 0.478 e. The van der Waals surface area contributed by atoms with E-state index in [1.807, 2.05) is 29.1 Å². The van der Waals surface area contributed by atoms with Crippen LogP contribution >= 0.6 is 0 Å². The first-order valence-corrected chi connectivity index (χ1v) is 7.46. The Balaban J connectivity index is 1.85. The third kappa shape index (κ3) is 3.13. The third-order valence-electron chi connectivity index (χ3n) is 3.86. The maximum absolute atomic E-state index is 10.9. The zero-order valence-electron chi connectivity index (χ0n) is 12.8. The molecule has 116 valence electrons. The number of carbonyl (C=O) groups is 1. The molecule has 2 heterocycles. The second kappa shape index (κ2) is 6.44. The van der Waals surface area contributed by atoms with Gasteiger partial charge < -0.3 is 9.67 Å². The number of pyridine rings is 1. The molecule has 0 aliphatic carbocycles. The maximum Gasteiger partial charge on any atom is 0.335 e. The number of imidazole rings is 1. The van der Waals surface area contributed by atoms with Crippen molar-refractivity contribution in [3.8, 4) is 11.1 Å². The Morgan fingerprint density at radius 2 is 1.91 bits per heavy atom. The van der Waals surface area contributed by atoms with E-state index in [2.05, 4.69) is 16.9 Å². The summed E-state index contributed by atoms with van der Waals surface area (Å²) in [6.45, 7) is 2.12. The number of aromatic nitrogens is 3. The lowest BCUT2D eigenvalue weighted by Gasteiger charge is -2.16. The van der Waals surface area contributed by atoms with E-state index in [-0.39, 0.29) is 11.6 Å². The van der Waals surface area contributed by atoms with Crippen molar-refractivity contribution < 1.29 is 9.90 Å². The Morgan fingerprint density at radius 1 is 1.17 bits per heavy atom. The number of aromatic carboxylic acids is 1. The molecular weight excluding hydrogens is 290 g/mol. The zero-order valence-corrected chi connectivity index (χ0v) is 12.8. The Labute approximate surface area is 134 Å². The molecule has 1 N–H and O–H groups in total. The van der Waals surface area contributed by atoms with Gasteiger partial charge in [-0.2, -0.15) is 0 Å². The Morgan fingerprint density at radius 3 is 2.43 bits per heavy atom. The monoisotopic (exact) mass is 307 g/mol. The van der Waals surface area contributed by atoms with Crippen LogP contribution in [0.5, 0.6) is 0 Å². The molecule has 0 bridgehead atoms. The van der Waals surface area contributed by atoms with Crippen LogP contribution in [0.2, 0.25) is 0 Å². The lowest BCUT2D eigenvalue weighted by Crippen LogP contribution is -2.09. The van der Waals surface area contributed by atoms with Crippen molar-refractivity contribution in [2.75, 3.05) is 0 Å². The van der Waals surface area contributed by atoms with Gasteiger partial charge in [0.2, 0.25) is 0 Å². The highest BCUT2D eigenvalue weighted by Crippen LogP contribution is 2.24. The fraction of sp³-hybridized carbons (Fsp3) is 0.167. The topological polar surface area (TPSA) is 68.0 Å². The highest BCUT2D eigenvalue weighted by molar-refractivity contribution is 5.88. The van der Waals surface area contributed by atoms with E-state index in [4.69, 9.17) is 5.11 Å².